The van der Waals surface area contributed by atoms with Gasteiger partial charge in [-0.2, -0.15) is 0 Å². The van der Waals surface area contributed by atoms with E-state index >= 15 is 0 Å². The predicted octanol–water partition coefficient (Wildman–Crippen LogP) is 3.11. The summed E-state index contributed by atoms with van der Waals surface area (Å²) in [6.45, 7) is 0. The van der Waals surface area contributed by atoms with Crippen molar-refractivity contribution in [2.75, 3.05) is 5.73 Å². The number of anilines is 1. The molecule has 0 bridgehead atoms. The van der Waals surface area contributed by atoms with E-state index in [-0.39, 0.29) is 6.42 Å². The molecule has 4 heteroatoms. The summed E-state index contributed by atoms with van der Waals surface area (Å²) in [5, 5.41) is 10.9. The monoisotopic (exact) mass is 278 g/mol. The standard InChI is InChI=1S/C17H14N2O2/c18-16-7-3-6-15(19-16)14-9-8-11(10-17(20)21)12-4-1-2-5-13(12)14/h1-9H,10H2,(H2,18,19)(H,20,21). The van der Waals surface area contributed by atoms with Crippen molar-refractivity contribution in [1.82, 2.24) is 4.98 Å². The third-order valence-electron chi connectivity index (χ3n) is 3.40. The third kappa shape index (κ3) is 2.56. The number of nitrogens with two attached hydrogens (primary N) is 1. The Morgan fingerprint density at radius 1 is 1.00 bits per heavy atom. The van der Waals surface area contributed by atoms with Gasteiger partial charge < -0.3 is 10.8 Å². The number of benzene rings is 2. The minimum atomic E-state index is -0.838. The Kier molecular flexibility index (Phi) is 3.28. The van der Waals surface area contributed by atoms with Crippen molar-refractivity contribution in [3.05, 3.63) is 60.2 Å². The number of fused-ring (bicyclic) bond motifs is 1. The Labute approximate surface area is 121 Å². The highest BCUT2D eigenvalue weighted by Crippen LogP contribution is 2.30. The van der Waals surface area contributed by atoms with Crippen molar-refractivity contribution < 1.29 is 9.90 Å². The zero-order valence-electron chi connectivity index (χ0n) is 11.3. The topological polar surface area (TPSA) is 76.2 Å². The number of hydrogen-bond acceptors (Lipinski definition) is 3. The van der Waals surface area contributed by atoms with Crippen LogP contribution in [-0.4, -0.2) is 16.1 Å². The summed E-state index contributed by atoms with van der Waals surface area (Å²) >= 11 is 0. The summed E-state index contributed by atoms with van der Waals surface area (Å²) < 4.78 is 0. The van der Waals surface area contributed by atoms with E-state index in [0.29, 0.717) is 5.82 Å². The molecule has 3 aromatic rings. The number of rotatable bonds is 3. The number of carboxylic acid groups (broad SMARTS) is 1. The summed E-state index contributed by atoms with van der Waals surface area (Å²) in [6, 6.07) is 17.0. The summed E-state index contributed by atoms with van der Waals surface area (Å²) in [5.74, 6) is -0.374. The molecule has 21 heavy (non-hydrogen) atoms. The van der Waals surface area contributed by atoms with E-state index in [1.54, 1.807) is 6.07 Å². The van der Waals surface area contributed by atoms with Crippen molar-refractivity contribution in [3.8, 4) is 11.3 Å². The van der Waals surface area contributed by atoms with Crippen LogP contribution in [0.15, 0.2) is 54.6 Å². The summed E-state index contributed by atoms with van der Waals surface area (Å²) in [6.07, 6.45) is 0.00511. The van der Waals surface area contributed by atoms with Gasteiger partial charge in [0.2, 0.25) is 0 Å². The third-order valence-corrected chi connectivity index (χ3v) is 3.40. The van der Waals surface area contributed by atoms with Crippen LogP contribution in [0.2, 0.25) is 0 Å². The molecule has 0 saturated carbocycles. The minimum Gasteiger partial charge on any atom is -0.481 e. The van der Waals surface area contributed by atoms with E-state index in [9.17, 15) is 4.79 Å². The normalized spacial score (nSPS) is 10.7. The lowest BCUT2D eigenvalue weighted by Crippen LogP contribution is -2.01. The van der Waals surface area contributed by atoms with Crippen LogP contribution in [0.1, 0.15) is 5.56 Å². The largest absolute Gasteiger partial charge is 0.481 e. The van der Waals surface area contributed by atoms with Gasteiger partial charge in [0.25, 0.3) is 0 Å². The van der Waals surface area contributed by atoms with E-state index < -0.39 is 5.97 Å². The average molecular weight is 278 g/mol. The molecule has 1 aromatic heterocycles. The van der Waals surface area contributed by atoms with E-state index in [1.807, 2.05) is 48.5 Å². The van der Waals surface area contributed by atoms with E-state index in [2.05, 4.69) is 4.98 Å². The molecule has 0 unspecified atom stereocenters. The van der Waals surface area contributed by atoms with Crippen molar-refractivity contribution >= 4 is 22.6 Å². The summed E-state index contributed by atoms with van der Waals surface area (Å²) in [4.78, 5) is 15.3. The average Bonchev–Trinajstić information content (AvgIpc) is 2.47. The van der Waals surface area contributed by atoms with E-state index in [4.69, 9.17) is 10.8 Å². The SMILES string of the molecule is Nc1cccc(-c2ccc(CC(=O)O)c3ccccc23)n1. The van der Waals surface area contributed by atoms with Crippen LogP contribution in [0, 0.1) is 0 Å². The molecule has 2 aromatic carbocycles. The first-order chi connectivity index (χ1) is 10.1. The van der Waals surface area contributed by atoms with Gasteiger partial charge in [-0.3, -0.25) is 4.79 Å². The maximum atomic E-state index is 11.0. The molecule has 104 valence electrons. The molecular weight excluding hydrogens is 264 g/mol. The molecule has 0 amide bonds. The molecule has 0 radical (unpaired) electrons. The van der Waals surface area contributed by atoms with Crippen molar-refractivity contribution in [1.29, 1.82) is 0 Å². The second kappa shape index (κ2) is 5.25. The second-order valence-electron chi connectivity index (χ2n) is 4.84. The first kappa shape index (κ1) is 13.1. The molecule has 4 nitrogen and oxygen atoms in total. The van der Waals surface area contributed by atoms with Crippen LogP contribution in [-0.2, 0) is 11.2 Å². The number of pyridine rings is 1. The molecule has 3 N–H and O–H groups in total. The van der Waals surface area contributed by atoms with Gasteiger partial charge in [-0.15, -0.1) is 0 Å². The van der Waals surface area contributed by atoms with Crippen molar-refractivity contribution in [2.24, 2.45) is 0 Å². The second-order valence-corrected chi connectivity index (χ2v) is 4.84. The highest BCUT2D eigenvalue weighted by molar-refractivity contribution is 5.99. The lowest BCUT2D eigenvalue weighted by Gasteiger charge is -2.10. The predicted molar refractivity (Wildman–Crippen MR) is 82.9 cm³/mol. The molecule has 0 aliphatic carbocycles. The number of aromatic nitrogens is 1. The first-order valence-corrected chi connectivity index (χ1v) is 6.60. The van der Waals surface area contributed by atoms with Gasteiger partial charge in [0.1, 0.15) is 5.82 Å². The lowest BCUT2D eigenvalue weighted by molar-refractivity contribution is -0.136. The Hall–Kier alpha value is -2.88. The fourth-order valence-electron chi connectivity index (χ4n) is 2.50. The molecule has 3 rings (SSSR count). The molecule has 0 saturated heterocycles. The first-order valence-electron chi connectivity index (χ1n) is 6.60. The maximum Gasteiger partial charge on any atom is 0.307 e. The zero-order chi connectivity index (χ0) is 14.8. The van der Waals surface area contributed by atoms with Crippen LogP contribution in [0.3, 0.4) is 0 Å². The van der Waals surface area contributed by atoms with Crippen LogP contribution in [0.25, 0.3) is 22.0 Å². The van der Waals surface area contributed by atoms with Crippen molar-refractivity contribution in [3.63, 3.8) is 0 Å². The Bertz CT molecular complexity index is 828. The highest BCUT2D eigenvalue weighted by atomic mass is 16.4. The van der Waals surface area contributed by atoms with Gasteiger partial charge in [0, 0.05) is 5.56 Å². The van der Waals surface area contributed by atoms with E-state index in [1.165, 1.54) is 0 Å². The van der Waals surface area contributed by atoms with Gasteiger partial charge in [-0.25, -0.2) is 4.98 Å². The van der Waals surface area contributed by atoms with Gasteiger partial charge in [0.15, 0.2) is 0 Å². The van der Waals surface area contributed by atoms with Crippen molar-refractivity contribution in [2.45, 2.75) is 6.42 Å². The fourth-order valence-corrected chi connectivity index (χ4v) is 2.50. The molecule has 0 aliphatic heterocycles. The van der Waals surface area contributed by atoms with Crippen LogP contribution >= 0.6 is 0 Å². The molecule has 0 atom stereocenters. The minimum absolute atomic E-state index is 0.00511. The number of hydrogen-bond donors (Lipinski definition) is 2. The highest BCUT2D eigenvalue weighted by Gasteiger charge is 2.10. The fraction of sp³-hybridized carbons (Fsp3) is 0.0588. The Morgan fingerprint density at radius 2 is 1.76 bits per heavy atom. The van der Waals surface area contributed by atoms with E-state index in [0.717, 1.165) is 27.6 Å². The van der Waals surface area contributed by atoms with Gasteiger partial charge >= 0.3 is 5.97 Å². The molecule has 0 spiro atoms. The van der Waals surface area contributed by atoms with Gasteiger partial charge in [0.05, 0.1) is 12.1 Å². The molecule has 1 heterocycles. The quantitative estimate of drug-likeness (QED) is 0.771. The van der Waals surface area contributed by atoms with Gasteiger partial charge in [-0.05, 0) is 28.5 Å². The number of carboxylic acids is 1. The summed E-state index contributed by atoms with van der Waals surface area (Å²) in [7, 11) is 0. The summed E-state index contributed by atoms with van der Waals surface area (Å²) in [5.41, 5.74) is 8.28. The number of aliphatic carboxylic acids is 1. The number of carbonyl (C=O) groups is 1. The molecule has 0 aliphatic rings. The zero-order valence-corrected chi connectivity index (χ0v) is 11.3. The number of nitrogens with zero attached hydrogens (tertiary/aromatic N) is 1. The van der Waals surface area contributed by atoms with Crippen LogP contribution in [0.5, 0.6) is 0 Å². The maximum absolute atomic E-state index is 11.0. The number of nitrogen functional groups attached to an aromatic ring is 1. The van der Waals surface area contributed by atoms with Gasteiger partial charge in [-0.1, -0.05) is 42.5 Å². The lowest BCUT2D eigenvalue weighted by atomic mass is 9.96. The Morgan fingerprint density at radius 3 is 2.48 bits per heavy atom. The van der Waals surface area contributed by atoms with Crippen LogP contribution < -0.4 is 5.73 Å². The smallest absolute Gasteiger partial charge is 0.307 e. The molecule has 0 fully saturated rings. The van der Waals surface area contributed by atoms with Crippen LogP contribution in [0.4, 0.5) is 5.82 Å². The molecular formula is C17H14N2O2. The Balaban J connectivity index is 2.24.